The van der Waals surface area contributed by atoms with Crippen LogP contribution in [0.5, 0.6) is 0 Å². The third-order valence-corrected chi connectivity index (χ3v) is 9.52. The highest BCUT2D eigenvalue weighted by Gasteiger charge is 2.28. The number of hydrogen-bond acceptors (Lipinski definition) is 2. The summed E-state index contributed by atoms with van der Waals surface area (Å²) in [5.74, 6) is 0.721. The van der Waals surface area contributed by atoms with Gasteiger partial charge in [-0.05, 0) is 121 Å². The Kier molecular flexibility index (Phi) is 6.26. The van der Waals surface area contributed by atoms with E-state index in [0.29, 0.717) is 6.54 Å². The second kappa shape index (κ2) is 10.7. The minimum atomic E-state index is -0.275. The van der Waals surface area contributed by atoms with Gasteiger partial charge in [-0.25, -0.2) is 4.99 Å². The Labute approximate surface area is 274 Å². The van der Waals surface area contributed by atoms with Gasteiger partial charge in [-0.15, -0.1) is 0 Å². The van der Waals surface area contributed by atoms with Crippen molar-refractivity contribution >= 4 is 49.0 Å². The Morgan fingerprint density at radius 1 is 0.426 bits per heavy atom. The SMILES string of the molecule is CC1(C)CN=C(c2cccc(-c3ccc4c(-c5ccc6ccccc6c5)c5ccccc5c(-c5ccc6ccccc6c5)c4c3)c2)O1. The van der Waals surface area contributed by atoms with E-state index in [0.717, 1.165) is 17.0 Å². The molecule has 0 amide bonds. The lowest BCUT2D eigenvalue weighted by atomic mass is 9.84. The second-order valence-electron chi connectivity index (χ2n) is 13.2. The first kappa shape index (κ1) is 27.6. The maximum atomic E-state index is 6.20. The quantitative estimate of drug-likeness (QED) is 0.183. The molecule has 0 unspecified atom stereocenters. The van der Waals surface area contributed by atoms with E-state index < -0.39 is 0 Å². The maximum absolute atomic E-state index is 6.20. The topological polar surface area (TPSA) is 21.6 Å². The van der Waals surface area contributed by atoms with Gasteiger partial charge in [-0.1, -0.05) is 121 Å². The molecule has 0 aliphatic carbocycles. The Balaban J connectivity index is 1.33. The van der Waals surface area contributed by atoms with Gasteiger partial charge in [0.15, 0.2) is 0 Å². The molecule has 0 spiro atoms. The second-order valence-corrected chi connectivity index (χ2v) is 13.2. The van der Waals surface area contributed by atoms with Crippen LogP contribution in [0.2, 0.25) is 0 Å². The highest BCUT2D eigenvalue weighted by Crippen LogP contribution is 2.45. The highest BCUT2D eigenvalue weighted by atomic mass is 16.5. The van der Waals surface area contributed by atoms with Crippen LogP contribution in [0.3, 0.4) is 0 Å². The average Bonchev–Trinajstić information content (AvgIpc) is 3.49. The van der Waals surface area contributed by atoms with Crippen molar-refractivity contribution in [3.8, 4) is 33.4 Å². The molecule has 0 bridgehead atoms. The van der Waals surface area contributed by atoms with E-state index in [-0.39, 0.29) is 5.60 Å². The van der Waals surface area contributed by atoms with Crippen molar-refractivity contribution in [2.45, 2.75) is 19.4 Å². The van der Waals surface area contributed by atoms with Gasteiger partial charge in [0.05, 0.1) is 6.54 Å². The van der Waals surface area contributed by atoms with E-state index in [4.69, 9.17) is 9.73 Å². The Bertz CT molecular complexity index is 2560. The lowest BCUT2D eigenvalue weighted by Gasteiger charge is -2.19. The predicted molar refractivity (Wildman–Crippen MR) is 199 cm³/mol. The Morgan fingerprint density at radius 2 is 0.936 bits per heavy atom. The van der Waals surface area contributed by atoms with E-state index in [1.807, 2.05) is 0 Å². The number of benzene rings is 8. The molecule has 8 aromatic rings. The van der Waals surface area contributed by atoms with Gasteiger partial charge in [0.2, 0.25) is 5.90 Å². The summed E-state index contributed by atoms with van der Waals surface area (Å²) in [4.78, 5) is 4.72. The van der Waals surface area contributed by atoms with Gasteiger partial charge < -0.3 is 4.74 Å². The summed E-state index contributed by atoms with van der Waals surface area (Å²) < 4.78 is 6.20. The molecule has 224 valence electrons. The van der Waals surface area contributed by atoms with E-state index in [1.165, 1.54) is 70.9 Å². The zero-order valence-corrected chi connectivity index (χ0v) is 26.5. The zero-order chi connectivity index (χ0) is 31.5. The molecule has 47 heavy (non-hydrogen) atoms. The third kappa shape index (κ3) is 4.76. The van der Waals surface area contributed by atoms with Crippen LogP contribution in [-0.2, 0) is 4.74 Å². The lowest BCUT2D eigenvalue weighted by molar-refractivity contribution is 0.131. The fourth-order valence-corrected chi connectivity index (χ4v) is 7.24. The molecule has 0 N–H and O–H groups in total. The lowest BCUT2D eigenvalue weighted by Crippen LogP contribution is -2.24. The first-order chi connectivity index (χ1) is 23.0. The van der Waals surface area contributed by atoms with E-state index in [2.05, 4.69) is 166 Å². The maximum Gasteiger partial charge on any atom is 0.216 e. The minimum Gasteiger partial charge on any atom is -0.469 e. The molecule has 9 rings (SSSR count). The van der Waals surface area contributed by atoms with E-state index in [9.17, 15) is 0 Å². The van der Waals surface area contributed by atoms with Crippen LogP contribution < -0.4 is 0 Å². The van der Waals surface area contributed by atoms with Crippen molar-refractivity contribution < 1.29 is 4.74 Å². The van der Waals surface area contributed by atoms with Crippen molar-refractivity contribution in [2.24, 2.45) is 4.99 Å². The highest BCUT2D eigenvalue weighted by molar-refractivity contribution is 6.22. The molecule has 0 atom stereocenters. The van der Waals surface area contributed by atoms with Crippen molar-refractivity contribution in [1.82, 2.24) is 0 Å². The van der Waals surface area contributed by atoms with Crippen LogP contribution in [0.1, 0.15) is 19.4 Å². The average molecular weight is 604 g/mol. The fraction of sp³-hybridized carbons (Fsp3) is 0.0889. The molecule has 2 heteroatoms. The molecule has 1 aliphatic rings. The van der Waals surface area contributed by atoms with Crippen molar-refractivity contribution in [3.05, 3.63) is 157 Å². The predicted octanol–water partition coefficient (Wildman–Crippen LogP) is 11.9. The first-order valence-electron chi connectivity index (χ1n) is 16.3. The van der Waals surface area contributed by atoms with Gasteiger partial charge in [-0.2, -0.15) is 0 Å². The van der Waals surface area contributed by atoms with Crippen LogP contribution in [-0.4, -0.2) is 18.0 Å². The molecule has 0 saturated heterocycles. The summed E-state index contributed by atoms with van der Waals surface area (Å²) in [7, 11) is 0. The Morgan fingerprint density at radius 3 is 1.55 bits per heavy atom. The molecular weight excluding hydrogens is 571 g/mol. The van der Waals surface area contributed by atoms with Gasteiger partial charge in [-0.3, -0.25) is 0 Å². The van der Waals surface area contributed by atoms with Crippen LogP contribution in [0.15, 0.2) is 157 Å². The minimum absolute atomic E-state index is 0.275. The molecule has 1 heterocycles. The number of rotatable bonds is 4. The number of fused-ring (bicyclic) bond motifs is 4. The number of aliphatic imine (C=N–C) groups is 1. The van der Waals surface area contributed by atoms with Gasteiger partial charge >= 0.3 is 0 Å². The van der Waals surface area contributed by atoms with Gasteiger partial charge in [0.25, 0.3) is 0 Å². The van der Waals surface area contributed by atoms with Gasteiger partial charge in [0, 0.05) is 5.56 Å². The summed E-state index contributed by atoms with van der Waals surface area (Å²) in [6.45, 7) is 4.84. The summed E-state index contributed by atoms with van der Waals surface area (Å²) in [5.41, 5.74) is 8.02. The van der Waals surface area contributed by atoms with Crippen molar-refractivity contribution in [2.75, 3.05) is 6.54 Å². The fourth-order valence-electron chi connectivity index (χ4n) is 7.24. The zero-order valence-electron chi connectivity index (χ0n) is 26.5. The third-order valence-electron chi connectivity index (χ3n) is 9.52. The van der Waals surface area contributed by atoms with Crippen molar-refractivity contribution in [3.63, 3.8) is 0 Å². The summed E-state index contributed by atoms with van der Waals surface area (Å²) >= 11 is 0. The number of nitrogens with zero attached hydrogens (tertiary/aromatic N) is 1. The standard InChI is InChI=1S/C45H33NO/c1-45(2)28-46-44(47-45)37-15-9-14-33(26-37)34-22-23-40-41(27-34)43(36-21-19-30-11-4-6-13-32(30)25-36)39-17-8-7-16-38(39)42(40)35-20-18-29-10-3-5-12-31(29)24-35/h3-27H,28H2,1-2H3. The van der Waals surface area contributed by atoms with Crippen LogP contribution in [0.25, 0.3) is 76.5 Å². The van der Waals surface area contributed by atoms with Crippen LogP contribution in [0.4, 0.5) is 0 Å². The summed E-state index contributed by atoms with van der Waals surface area (Å²) in [6, 6.07) is 55.5. The van der Waals surface area contributed by atoms with Gasteiger partial charge in [0.1, 0.15) is 5.60 Å². The number of ether oxygens (including phenoxy) is 1. The number of hydrogen-bond donors (Lipinski definition) is 0. The largest absolute Gasteiger partial charge is 0.469 e. The van der Waals surface area contributed by atoms with E-state index in [1.54, 1.807) is 0 Å². The molecular formula is C45H33NO. The molecule has 0 saturated carbocycles. The summed E-state index contributed by atoms with van der Waals surface area (Å²) in [5, 5.41) is 9.97. The molecule has 1 aliphatic heterocycles. The molecule has 2 nitrogen and oxygen atoms in total. The smallest absolute Gasteiger partial charge is 0.216 e. The Hall–Kier alpha value is -5.73. The molecule has 0 radical (unpaired) electrons. The molecule has 0 fully saturated rings. The monoisotopic (exact) mass is 603 g/mol. The summed E-state index contributed by atoms with van der Waals surface area (Å²) in [6.07, 6.45) is 0. The molecule has 8 aromatic carbocycles. The normalized spacial score (nSPS) is 14.1. The first-order valence-corrected chi connectivity index (χ1v) is 16.3. The van der Waals surface area contributed by atoms with Crippen molar-refractivity contribution in [1.29, 1.82) is 0 Å². The van der Waals surface area contributed by atoms with E-state index >= 15 is 0 Å². The molecule has 0 aromatic heterocycles. The van der Waals surface area contributed by atoms with Crippen LogP contribution >= 0.6 is 0 Å². The van der Waals surface area contributed by atoms with Crippen LogP contribution in [0, 0.1) is 0 Å².